The third-order valence-corrected chi connectivity index (χ3v) is 4.91. The van der Waals surface area contributed by atoms with Gasteiger partial charge in [-0.05, 0) is 32.9 Å². The molecule has 0 aliphatic rings. The van der Waals surface area contributed by atoms with Crippen molar-refractivity contribution in [3.05, 3.63) is 28.3 Å². The molecule has 0 bridgehead atoms. The molecule has 0 fully saturated rings. The fourth-order valence-corrected chi connectivity index (χ4v) is 3.27. The summed E-state index contributed by atoms with van der Waals surface area (Å²) in [5, 5.41) is 11.1. The van der Waals surface area contributed by atoms with Crippen LogP contribution in [0.5, 0.6) is 0 Å². The zero-order valence-electron chi connectivity index (χ0n) is 13.1. The number of sulfone groups is 1. The van der Waals surface area contributed by atoms with E-state index in [9.17, 15) is 27.5 Å². The topological polar surface area (TPSA) is 121 Å². The minimum absolute atomic E-state index is 0.228. The lowest BCUT2D eigenvalue weighted by atomic mass is 10.2. The SMILES string of the molecule is CC(C)(C)OC(=O)C[S@@](=O)c1ccc(S(C)(=O)=O)cc1[N+](=O)[O-]. The predicted molar refractivity (Wildman–Crippen MR) is 83.3 cm³/mol. The van der Waals surface area contributed by atoms with Crippen LogP contribution in [0.25, 0.3) is 0 Å². The molecule has 0 aliphatic carbocycles. The Hall–Kier alpha value is -1.81. The molecular formula is C13H17NO7S2. The summed E-state index contributed by atoms with van der Waals surface area (Å²) in [6.07, 6.45) is 0.906. The zero-order valence-corrected chi connectivity index (χ0v) is 14.7. The number of nitro groups is 1. The van der Waals surface area contributed by atoms with Crippen molar-refractivity contribution in [3.63, 3.8) is 0 Å². The Balaban J connectivity index is 3.15. The van der Waals surface area contributed by atoms with E-state index in [2.05, 4.69) is 0 Å². The first-order valence-corrected chi connectivity index (χ1v) is 9.61. The van der Waals surface area contributed by atoms with Crippen LogP contribution < -0.4 is 0 Å². The van der Waals surface area contributed by atoms with Crippen LogP contribution in [-0.2, 0) is 30.2 Å². The van der Waals surface area contributed by atoms with E-state index in [1.165, 1.54) is 0 Å². The fraction of sp³-hybridized carbons (Fsp3) is 0.462. The van der Waals surface area contributed by atoms with Gasteiger partial charge in [0.05, 0.1) is 20.6 Å². The maximum absolute atomic E-state index is 12.2. The first kappa shape index (κ1) is 19.2. The molecule has 0 saturated carbocycles. The highest BCUT2D eigenvalue weighted by Gasteiger charge is 2.25. The van der Waals surface area contributed by atoms with Gasteiger partial charge in [-0.25, -0.2) is 8.42 Å². The number of esters is 1. The van der Waals surface area contributed by atoms with Crippen molar-refractivity contribution >= 4 is 32.3 Å². The van der Waals surface area contributed by atoms with Crippen LogP contribution in [0.1, 0.15) is 20.8 Å². The average molecular weight is 363 g/mol. The molecule has 0 amide bonds. The largest absolute Gasteiger partial charge is 0.459 e. The van der Waals surface area contributed by atoms with E-state index < -0.39 is 48.6 Å². The summed E-state index contributed by atoms with van der Waals surface area (Å²) in [7, 11) is -5.67. The Labute approximate surface area is 136 Å². The molecule has 8 nitrogen and oxygen atoms in total. The van der Waals surface area contributed by atoms with Crippen molar-refractivity contribution < 1.29 is 27.1 Å². The summed E-state index contributed by atoms with van der Waals surface area (Å²) >= 11 is 0. The highest BCUT2D eigenvalue weighted by Crippen LogP contribution is 2.26. The molecule has 0 unspecified atom stereocenters. The highest BCUT2D eigenvalue weighted by molar-refractivity contribution is 7.90. The molecule has 0 heterocycles. The molecule has 0 spiro atoms. The molecule has 0 aliphatic heterocycles. The van der Waals surface area contributed by atoms with E-state index in [0.29, 0.717) is 0 Å². The summed E-state index contributed by atoms with van der Waals surface area (Å²) in [6.45, 7) is 4.91. The van der Waals surface area contributed by atoms with E-state index in [-0.39, 0.29) is 9.79 Å². The lowest BCUT2D eigenvalue weighted by Crippen LogP contribution is -2.27. The first-order valence-electron chi connectivity index (χ1n) is 6.40. The van der Waals surface area contributed by atoms with Gasteiger partial charge in [0, 0.05) is 12.3 Å². The van der Waals surface area contributed by atoms with Gasteiger partial charge in [-0.3, -0.25) is 19.1 Å². The van der Waals surface area contributed by atoms with Gasteiger partial charge in [0.2, 0.25) is 0 Å². The van der Waals surface area contributed by atoms with E-state index >= 15 is 0 Å². The van der Waals surface area contributed by atoms with Crippen molar-refractivity contribution in [2.24, 2.45) is 0 Å². The Morgan fingerprint density at radius 2 is 1.91 bits per heavy atom. The number of ether oxygens (including phenoxy) is 1. The maximum Gasteiger partial charge on any atom is 0.319 e. The summed E-state index contributed by atoms with van der Waals surface area (Å²) in [4.78, 5) is 21.4. The Kier molecular flexibility index (Phi) is 5.65. The number of hydrogen-bond acceptors (Lipinski definition) is 7. The van der Waals surface area contributed by atoms with Crippen molar-refractivity contribution in [1.29, 1.82) is 0 Å². The molecule has 1 rings (SSSR count). The number of carbonyl (C=O) groups excluding carboxylic acids is 1. The number of carbonyl (C=O) groups is 1. The highest BCUT2D eigenvalue weighted by atomic mass is 32.2. The minimum atomic E-state index is -3.64. The summed E-state index contributed by atoms with van der Waals surface area (Å²) in [5.41, 5.74) is -1.39. The Bertz CT molecular complexity index is 763. The molecule has 23 heavy (non-hydrogen) atoms. The van der Waals surface area contributed by atoms with Gasteiger partial charge < -0.3 is 4.74 Å². The minimum Gasteiger partial charge on any atom is -0.459 e. The van der Waals surface area contributed by atoms with E-state index in [1.54, 1.807) is 20.8 Å². The summed E-state index contributed by atoms with van der Waals surface area (Å²) < 4.78 is 40.1. The molecule has 1 aromatic carbocycles. The van der Waals surface area contributed by atoms with Gasteiger partial charge in [0.25, 0.3) is 5.69 Å². The van der Waals surface area contributed by atoms with E-state index in [4.69, 9.17) is 4.74 Å². The van der Waals surface area contributed by atoms with Crippen LogP contribution >= 0.6 is 0 Å². The third kappa shape index (κ3) is 5.71. The van der Waals surface area contributed by atoms with Gasteiger partial charge in [-0.2, -0.15) is 0 Å². The lowest BCUT2D eigenvalue weighted by molar-refractivity contribution is -0.388. The lowest BCUT2D eigenvalue weighted by Gasteiger charge is -2.19. The number of nitro benzene ring substituents is 1. The van der Waals surface area contributed by atoms with Crippen molar-refractivity contribution in [1.82, 2.24) is 0 Å². The van der Waals surface area contributed by atoms with Gasteiger partial charge in [0.1, 0.15) is 16.2 Å². The predicted octanol–water partition coefficient (Wildman–Crippen LogP) is 1.45. The van der Waals surface area contributed by atoms with Crippen LogP contribution in [0.2, 0.25) is 0 Å². The second-order valence-corrected chi connectivity index (χ2v) is 9.17. The maximum atomic E-state index is 12.2. The van der Waals surface area contributed by atoms with Crippen LogP contribution in [0.3, 0.4) is 0 Å². The third-order valence-electron chi connectivity index (χ3n) is 2.47. The number of rotatable bonds is 5. The molecule has 0 saturated heterocycles. The molecule has 128 valence electrons. The van der Waals surface area contributed by atoms with Gasteiger partial charge in [-0.15, -0.1) is 0 Å². The number of benzene rings is 1. The van der Waals surface area contributed by atoms with Gasteiger partial charge >= 0.3 is 5.97 Å². The first-order chi connectivity index (χ1) is 10.3. The molecule has 10 heteroatoms. The van der Waals surface area contributed by atoms with Crippen molar-refractivity contribution in [2.75, 3.05) is 12.0 Å². The quantitative estimate of drug-likeness (QED) is 0.441. The van der Waals surface area contributed by atoms with Crippen LogP contribution in [0.4, 0.5) is 5.69 Å². The van der Waals surface area contributed by atoms with Crippen LogP contribution in [0, 0.1) is 10.1 Å². The monoisotopic (exact) mass is 363 g/mol. The standard InChI is InChI=1S/C13H17NO7S2/c1-13(2,3)21-12(15)8-22(18)11-6-5-9(23(4,19)20)7-10(11)14(16)17/h5-7H,8H2,1-4H3/t22-/m1/s1. The zero-order chi connectivity index (χ0) is 18.0. The van der Waals surface area contributed by atoms with Crippen molar-refractivity contribution in [3.8, 4) is 0 Å². The van der Waals surface area contributed by atoms with Gasteiger partial charge in [0.15, 0.2) is 9.84 Å². The molecule has 1 aromatic rings. The average Bonchev–Trinajstić information content (AvgIpc) is 2.34. The summed E-state index contributed by atoms with van der Waals surface area (Å²) in [6, 6.07) is 3.03. The van der Waals surface area contributed by atoms with Crippen LogP contribution in [-0.4, -0.2) is 41.1 Å². The van der Waals surface area contributed by atoms with Gasteiger partial charge in [-0.1, -0.05) is 0 Å². The second-order valence-electron chi connectivity index (χ2n) is 5.74. The van der Waals surface area contributed by atoms with Crippen LogP contribution in [0.15, 0.2) is 28.0 Å². The van der Waals surface area contributed by atoms with Crippen molar-refractivity contribution in [2.45, 2.75) is 36.2 Å². The van der Waals surface area contributed by atoms with E-state index in [0.717, 1.165) is 24.5 Å². The molecule has 0 radical (unpaired) electrons. The molecule has 1 atom stereocenters. The Morgan fingerprint density at radius 1 is 1.35 bits per heavy atom. The molecule has 0 aromatic heterocycles. The molecule has 0 N–H and O–H groups in total. The Morgan fingerprint density at radius 3 is 2.35 bits per heavy atom. The second kappa shape index (κ2) is 6.75. The fourth-order valence-electron chi connectivity index (χ4n) is 1.62. The number of nitrogens with zero attached hydrogens (tertiary/aromatic N) is 1. The smallest absolute Gasteiger partial charge is 0.319 e. The van der Waals surface area contributed by atoms with E-state index in [1.807, 2.05) is 0 Å². The number of hydrogen-bond donors (Lipinski definition) is 0. The molecular weight excluding hydrogens is 346 g/mol. The summed E-state index contributed by atoms with van der Waals surface area (Å²) in [5.74, 6) is -1.33. The normalized spacial score (nSPS) is 13.4.